The normalized spacial score (nSPS) is 12.5. The van der Waals surface area contributed by atoms with E-state index in [0.29, 0.717) is 6.42 Å². The molecule has 0 aromatic heterocycles. The number of hydrogen-bond donors (Lipinski definition) is 4. The second kappa shape index (κ2) is 28.0. The quantitative estimate of drug-likeness (QED) is 0.0622. The second-order valence-corrected chi connectivity index (χ2v) is 13.1. The average molecular weight is 557 g/mol. The highest BCUT2D eigenvalue weighted by Gasteiger charge is 2.39. The summed E-state index contributed by atoms with van der Waals surface area (Å²) in [5, 5.41) is 41.0. The molecule has 236 valence electrons. The van der Waals surface area contributed by atoms with Crippen LogP contribution in [-0.4, -0.2) is 46.9 Å². The molecule has 4 nitrogen and oxygen atoms in total. The summed E-state index contributed by atoms with van der Waals surface area (Å²) in [6.45, 7) is 4.20. The van der Waals surface area contributed by atoms with E-state index in [1.54, 1.807) is 0 Å². The van der Waals surface area contributed by atoms with Crippen LogP contribution >= 0.6 is 0 Å². The van der Waals surface area contributed by atoms with Crippen molar-refractivity contribution >= 4 is 0 Å². The molecule has 0 aromatic carbocycles. The second-order valence-electron chi connectivity index (χ2n) is 13.1. The largest absolute Gasteiger partial charge is 0.396 e. The molecule has 0 rings (SSSR count). The summed E-state index contributed by atoms with van der Waals surface area (Å²) in [5.41, 5.74) is -1.22. The number of unbranched alkanes of at least 4 members (excludes halogenated alkanes) is 22. The maximum atomic E-state index is 10.3. The van der Waals surface area contributed by atoms with Crippen molar-refractivity contribution in [3.63, 3.8) is 0 Å². The van der Waals surface area contributed by atoms with Crippen LogP contribution in [0.15, 0.2) is 0 Å². The molecular weight excluding hydrogens is 484 g/mol. The zero-order valence-corrected chi connectivity index (χ0v) is 26.7. The lowest BCUT2D eigenvalue weighted by atomic mass is 9.68. The summed E-state index contributed by atoms with van der Waals surface area (Å²) in [4.78, 5) is 0. The smallest absolute Gasteiger partial charge is 0.0509 e. The van der Waals surface area contributed by atoms with Crippen LogP contribution < -0.4 is 0 Å². The Labute approximate surface area is 244 Å². The predicted octanol–water partition coefficient (Wildman–Crippen LogP) is 9.50. The molecular formula is C35H72O4. The van der Waals surface area contributed by atoms with Gasteiger partial charge in [-0.15, -0.1) is 0 Å². The van der Waals surface area contributed by atoms with Crippen LogP contribution in [0.3, 0.4) is 0 Å². The Morgan fingerprint density at radius 1 is 0.308 bits per heavy atom. The third kappa shape index (κ3) is 21.2. The third-order valence-corrected chi connectivity index (χ3v) is 9.21. The first-order valence-electron chi connectivity index (χ1n) is 17.5. The van der Waals surface area contributed by atoms with E-state index in [1.807, 2.05) is 0 Å². The Kier molecular flexibility index (Phi) is 27.9. The van der Waals surface area contributed by atoms with E-state index in [-0.39, 0.29) is 26.4 Å². The molecule has 0 aromatic rings. The van der Waals surface area contributed by atoms with E-state index in [0.717, 1.165) is 38.5 Å². The van der Waals surface area contributed by atoms with Crippen molar-refractivity contribution in [3.8, 4) is 0 Å². The molecule has 39 heavy (non-hydrogen) atoms. The lowest BCUT2D eigenvalue weighted by molar-refractivity contribution is -0.0456. The molecule has 0 fully saturated rings. The van der Waals surface area contributed by atoms with Crippen LogP contribution in [0, 0.1) is 10.8 Å². The fourth-order valence-corrected chi connectivity index (χ4v) is 6.29. The van der Waals surface area contributed by atoms with Crippen LogP contribution in [0.2, 0.25) is 0 Å². The lowest BCUT2D eigenvalue weighted by Gasteiger charge is -2.40. The lowest BCUT2D eigenvalue weighted by Crippen LogP contribution is -2.41. The monoisotopic (exact) mass is 557 g/mol. The maximum absolute atomic E-state index is 10.3. The summed E-state index contributed by atoms with van der Waals surface area (Å²) in [6, 6.07) is 0. The van der Waals surface area contributed by atoms with Crippen LogP contribution in [-0.2, 0) is 0 Å². The van der Waals surface area contributed by atoms with E-state index in [1.165, 1.54) is 128 Å². The minimum absolute atomic E-state index is 0.0816. The van der Waals surface area contributed by atoms with Gasteiger partial charge in [-0.3, -0.25) is 0 Å². The van der Waals surface area contributed by atoms with Crippen molar-refractivity contribution in [1.29, 1.82) is 0 Å². The van der Waals surface area contributed by atoms with Gasteiger partial charge in [0.2, 0.25) is 0 Å². The standard InChI is InChI=1S/C35H72O4/c1-3-5-7-9-11-13-15-17-19-21-23-25-27-34(30-36,31-37)29-35(32-38,33-39)28-26-24-22-20-18-16-14-12-10-8-6-4-2/h36-39H,3-33H2,1-2H3. The van der Waals surface area contributed by atoms with Crippen LogP contribution in [0.5, 0.6) is 0 Å². The van der Waals surface area contributed by atoms with E-state index in [2.05, 4.69) is 13.8 Å². The third-order valence-electron chi connectivity index (χ3n) is 9.21. The van der Waals surface area contributed by atoms with Crippen molar-refractivity contribution in [3.05, 3.63) is 0 Å². The van der Waals surface area contributed by atoms with Gasteiger partial charge in [0, 0.05) is 10.8 Å². The number of aliphatic hydroxyl groups excluding tert-OH is 4. The van der Waals surface area contributed by atoms with Gasteiger partial charge in [0.05, 0.1) is 26.4 Å². The summed E-state index contributed by atoms with van der Waals surface area (Å²) in [5.74, 6) is 0. The molecule has 0 bridgehead atoms. The highest BCUT2D eigenvalue weighted by molar-refractivity contribution is 4.89. The van der Waals surface area contributed by atoms with Gasteiger partial charge in [-0.1, -0.05) is 168 Å². The van der Waals surface area contributed by atoms with E-state index in [9.17, 15) is 20.4 Å². The molecule has 0 saturated heterocycles. The minimum atomic E-state index is -0.610. The van der Waals surface area contributed by atoms with Gasteiger partial charge >= 0.3 is 0 Å². The maximum Gasteiger partial charge on any atom is 0.0509 e. The molecule has 0 radical (unpaired) electrons. The summed E-state index contributed by atoms with van der Waals surface area (Å²) >= 11 is 0. The number of hydrogen-bond acceptors (Lipinski definition) is 4. The highest BCUT2D eigenvalue weighted by atomic mass is 16.3. The van der Waals surface area contributed by atoms with Gasteiger partial charge in [-0.2, -0.15) is 0 Å². The first-order chi connectivity index (χ1) is 19.1. The molecule has 0 aliphatic heterocycles. The summed E-state index contributed by atoms with van der Waals surface area (Å²) in [6.07, 6.45) is 33.0. The van der Waals surface area contributed by atoms with Crippen LogP contribution in [0.4, 0.5) is 0 Å². The van der Waals surface area contributed by atoms with E-state index >= 15 is 0 Å². The first-order valence-corrected chi connectivity index (χ1v) is 17.5. The Morgan fingerprint density at radius 3 is 0.718 bits per heavy atom. The molecule has 4 heteroatoms. The molecule has 0 aliphatic carbocycles. The Bertz CT molecular complexity index is 431. The van der Waals surface area contributed by atoms with Gasteiger partial charge in [0.25, 0.3) is 0 Å². The summed E-state index contributed by atoms with van der Waals surface area (Å²) < 4.78 is 0. The number of aliphatic hydroxyl groups is 4. The molecule has 0 spiro atoms. The topological polar surface area (TPSA) is 80.9 Å². The van der Waals surface area contributed by atoms with E-state index in [4.69, 9.17) is 0 Å². The van der Waals surface area contributed by atoms with Crippen LogP contribution in [0.1, 0.15) is 187 Å². The fraction of sp³-hybridized carbons (Fsp3) is 1.00. The van der Waals surface area contributed by atoms with Crippen molar-refractivity contribution < 1.29 is 20.4 Å². The highest BCUT2D eigenvalue weighted by Crippen LogP contribution is 2.41. The predicted molar refractivity (Wildman–Crippen MR) is 169 cm³/mol. The molecule has 0 amide bonds. The Hall–Kier alpha value is -0.160. The van der Waals surface area contributed by atoms with Gasteiger partial charge in [-0.05, 0) is 19.3 Å². The molecule has 0 heterocycles. The van der Waals surface area contributed by atoms with Gasteiger partial charge < -0.3 is 20.4 Å². The molecule has 0 aliphatic rings. The van der Waals surface area contributed by atoms with Crippen molar-refractivity contribution in [2.75, 3.05) is 26.4 Å². The SMILES string of the molecule is CCCCCCCCCCCCCCC(CO)(CO)CC(CO)(CO)CCCCCCCCCCCCCC. The number of rotatable bonds is 32. The molecule has 0 atom stereocenters. The molecule has 0 saturated carbocycles. The van der Waals surface area contributed by atoms with Crippen molar-refractivity contribution in [2.24, 2.45) is 10.8 Å². The molecule has 0 unspecified atom stereocenters. The fourth-order valence-electron chi connectivity index (χ4n) is 6.29. The van der Waals surface area contributed by atoms with Crippen LogP contribution in [0.25, 0.3) is 0 Å². The average Bonchev–Trinajstić information content (AvgIpc) is 2.97. The first kappa shape index (κ1) is 38.8. The Morgan fingerprint density at radius 2 is 0.513 bits per heavy atom. The van der Waals surface area contributed by atoms with Gasteiger partial charge in [0.15, 0.2) is 0 Å². The van der Waals surface area contributed by atoms with Gasteiger partial charge in [-0.25, -0.2) is 0 Å². The summed E-state index contributed by atoms with van der Waals surface area (Å²) in [7, 11) is 0. The zero-order chi connectivity index (χ0) is 28.9. The Balaban J connectivity index is 4.17. The molecule has 4 N–H and O–H groups in total. The zero-order valence-electron chi connectivity index (χ0n) is 26.7. The van der Waals surface area contributed by atoms with E-state index < -0.39 is 10.8 Å². The van der Waals surface area contributed by atoms with Crippen molar-refractivity contribution in [2.45, 2.75) is 187 Å². The van der Waals surface area contributed by atoms with Crippen molar-refractivity contribution in [1.82, 2.24) is 0 Å². The van der Waals surface area contributed by atoms with Gasteiger partial charge in [0.1, 0.15) is 0 Å². The minimum Gasteiger partial charge on any atom is -0.396 e.